The first-order valence-electron chi connectivity index (χ1n) is 5.00. The van der Waals surface area contributed by atoms with Gasteiger partial charge in [0.05, 0.1) is 23.9 Å². The van der Waals surface area contributed by atoms with Crippen molar-refractivity contribution in [2.24, 2.45) is 5.92 Å². The quantitative estimate of drug-likeness (QED) is 0.524. The molecule has 1 atom stereocenters. The highest BCUT2D eigenvalue weighted by molar-refractivity contribution is 5.71. The largest absolute Gasteiger partial charge is 0.513 e. The van der Waals surface area contributed by atoms with Crippen LogP contribution in [0, 0.1) is 5.92 Å². The standard InChI is InChI=1S/C11H20O4/c1-8(2)10(13)15-6-5-11(4,14)7-9(3)12/h8,12,14H,3,5-7H2,1-2,4H3. The Kier molecular flexibility index (Phi) is 5.36. The third-order valence-electron chi connectivity index (χ3n) is 1.94. The molecule has 15 heavy (non-hydrogen) atoms. The second kappa shape index (κ2) is 5.75. The number of carbonyl (C=O) groups excluding carboxylic acids is 1. The SMILES string of the molecule is C=C(O)CC(C)(O)CCOC(=O)C(C)C. The monoisotopic (exact) mass is 216 g/mol. The van der Waals surface area contributed by atoms with Gasteiger partial charge in [-0.2, -0.15) is 0 Å². The Morgan fingerprint density at radius 3 is 2.47 bits per heavy atom. The molecule has 0 spiro atoms. The van der Waals surface area contributed by atoms with E-state index in [4.69, 9.17) is 9.84 Å². The van der Waals surface area contributed by atoms with Gasteiger partial charge in [0.15, 0.2) is 0 Å². The summed E-state index contributed by atoms with van der Waals surface area (Å²) in [7, 11) is 0. The minimum absolute atomic E-state index is 0.0739. The van der Waals surface area contributed by atoms with Gasteiger partial charge in [0, 0.05) is 12.8 Å². The molecule has 0 heterocycles. The number of carbonyl (C=O) groups is 1. The fraction of sp³-hybridized carbons (Fsp3) is 0.727. The molecule has 0 radical (unpaired) electrons. The maximum atomic E-state index is 11.1. The molecule has 0 aromatic rings. The smallest absolute Gasteiger partial charge is 0.308 e. The number of esters is 1. The van der Waals surface area contributed by atoms with Crippen molar-refractivity contribution < 1.29 is 19.7 Å². The van der Waals surface area contributed by atoms with Gasteiger partial charge in [-0.05, 0) is 6.92 Å². The third-order valence-corrected chi connectivity index (χ3v) is 1.94. The van der Waals surface area contributed by atoms with Crippen molar-refractivity contribution in [1.29, 1.82) is 0 Å². The number of rotatable bonds is 6. The van der Waals surface area contributed by atoms with Gasteiger partial charge in [-0.1, -0.05) is 20.4 Å². The van der Waals surface area contributed by atoms with E-state index in [1.54, 1.807) is 20.8 Å². The molecule has 0 aromatic heterocycles. The Labute approximate surface area is 90.6 Å². The molecule has 0 amide bonds. The fourth-order valence-electron chi connectivity index (χ4n) is 1.07. The average molecular weight is 216 g/mol. The zero-order chi connectivity index (χ0) is 12.1. The van der Waals surface area contributed by atoms with Crippen molar-refractivity contribution in [2.75, 3.05) is 6.61 Å². The van der Waals surface area contributed by atoms with Gasteiger partial charge >= 0.3 is 5.97 Å². The molecule has 0 rings (SSSR count). The van der Waals surface area contributed by atoms with Gasteiger partial charge in [0.25, 0.3) is 0 Å². The van der Waals surface area contributed by atoms with Crippen LogP contribution in [-0.2, 0) is 9.53 Å². The maximum Gasteiger partial charge on any atom is 0.308 e. The molecule has 0 bridgehead atoms. The van der Waals surface area contributed by atoms with Crippen LogP contribution in [0.1, 0.15) is 33.6 Å². The summed E-state index contributed by atoms with van der Waals surface area (Å²) in [6.07, 6.45) is 0.372. The zero-order valence-electron chi connectivity index (χ0n) is 9.62. The normalized spacial score (nSPS) is 14.7. The van der Waals surface area contributed by atoms with Crippen LogP contribution in [0.25, 0.3) is 0 Å². The van der Waals surface area contributed by atoms with Crippen LogP contribution in [0.2, 0.25) is 0 Å². The number of aliphatic hydroxyl groups excluding tert-OH is 1. The van der Waals surface area contributed by atoms with E-state index in [1.165, 1.54) is 0 Å². The summed E-state index contributed by atoms with van der Waals surface area (Å²) >= 11 is 0. The lowest BCUT2D eigenvalue weighted by atomic mass is 9.98. The molecule has 0 fully saturated rings. The summed E-state index contributed by atoms with van der Waals surface area (Å²) in [4.78, 5) is 11.1. The van der Waals surface area contributed by atoms with Crippen molar-refractivity contribution in [2.45, 2.75) is 39.2 Å². The zero-order valence-corrected chi connectivity index (χ0v) is 9.62. The molecule has 1 unspecified atom stereocenters. The summed E-state index contributed by atoms with van der Waals surface area (Å²) in [5, 5.41) is 18.6. The van der Waals surface area contributed by atoms with Crippen LogP contribution in [0.5, 0.6) is 0 Å². The van der Waals surface area contributed by atoms with E-state index in [1.807, 2.05) is 0 Å². The van der Waals surface area contributed by atoms with Crippen LogP contribution < -0.4 is 0 Å². The van der Waals surface area contributed by atoms with Gasteiger partial charge in [0.1, 0.15) is 0 Å². The molecular formula is C11H20O4. The molecule has 0 aliphatic rings. The highest BCUT2D eigenvalue weighted by Crippen LogP contribution is 2.17. The molecule has 0 saturated carbocycles. The Hall–Kier alpha value is -1.03. The minimum atomic E-state index is -1.08. The molecule has 2 N–H and O–H groups in total. The van der Waals surface area contributed by atoms with E-state index in [2.05, 4.69) is 6.58 Å². The van der Waals surface area contributed by atoms with Crippen LogP contribution >= 0.6 is 0 Å². The maximum absolute atomic E-state index is 11.1. The lowest BCUT2D eigenvalue weighted by molar-refractivity contribution is -0.148. The Morgan fingerprint density at radius 1 is 1.53 bits per heavy atom. The lowest BCUT2D eigenvalue weighted by Gasteiger charge is -2.22. The summed E-state index contributed by atoms with van der Waals surface area (Å²) in [6, 6.07) is 0. The van der Waals surface area contributed by atoms with Gasteiger partial charge in [-0.15, -0.1) is 0 Å². The first kappa shape index (κ1) is 14.0. The molecule has 4 nitrogen and oxygen atoms in total. The van der Waals surface area contributed by atoms with Crippen LogP contribution in [0.15, 0.2) is 12.3 Å². The molecular weight excluding hydrogens is 196 g/mol. The van der Waals surface area contributed by atoms with E-state index in [9.17, 15) is 9.90 Å². The summed E-state index contributed by atoms with van der Waals surface area (Å²) < 4.78 is 4.91. The van der Waals surface area contributed by atoms with Crippen molar-refractivity contribution in [1.82, 2.24) is 0 Å². The first-order chi connectivity index (χ1) is 6.74. The predicted molar refractivity (Wildman–Crippen MR) is 57.4 cm³/mol. The topological polar surface area (TPSA) is 66.8 Å². The second-order valence-corrected chi connectivity index (χ2v) is 4.31. The van der Waals surface area contributed by atoms with Gasteiger partial charge < -0.3 is 14.9 Å². The van der Waals surface area contributed by atoms with E-state index in [0.29, 0.717) is 0 Å². The van der Waals surface area contributed by atoms with E-state index < -0.39 is 5.60 Å². The second-order valence-electron chi connectivity index (χ2n) is 4.31. The molecule has 4 heteroatoms. The van der Waals surface area contributed by atoms with E-state index in [-0.39, 0.29) is 37.1 Å². The minimum Gasteiger partial charge on any atom is -0.513 e. The van der Waals surface area contributed by atoms with E-state index >= 15 is 0 Å². The Morgan fingerprint density at radius 2 is 2.07 bits per heavy atom. The molecule has 0 aliphatic carbocycles. The van der Waals surface area contributed by atoms with Crippen molar-refractivity contribution in [3.05, 3.63) is 12.3 Å². The van der Waals surface area contributed by atoms with Crippen molar-refractivity contribution in [3.8, 4) is 0 Å². The van der Waals surface area contributed by atoms with Crippen LogP contribution in [0.3, 0.4) is 0 Å². The predicted octanol–water partition coefficient (Wildman–Crippen LogP) is 1.79. The summed E-state index contributed by atoms with van der Waals surface area (Å²) in [6.45, 7) is 8.51. The van der Waals surface area contributed by atoms with Gasteiger partial charge in [0.2, 0.25) is 0 Å². The van der Waals surface area contributed by atoms with Crippen LogP contribution in [0.4, 0.5) is 0 Å². The third kappa shape index (κ3) is 6.96. The van der Waals surface area contributed by atoms with Crippen molar-refractivity contribution in [3.63, 3.8) is 0 Å². The molecule has 0 aromatic carbocycles. The lowest BCUT2D eigenvalue weighted by Crippen LogP contribution is -2.27. The number of aliphatic hydroxyl groups is 2. The van der Waals surface area contributed by atoms with Gasteiger partial charge in [-0.3, -0.25) is 4.79 Å². The number of ether oxygens (including phenoxy) is 1. The van der Waals surface area contributed by atoms with E-state index in [0.717, 1.165) is 0 Å². The first-order valence-corrected chi connectivity index (χ1v) is 5.00. The number of hydrogen-bond acceptors (Lipinski definition) is 4. The average Bonchev–Trinajstić information content (AvgIpc) is 2.00. The Balaban J connectivity index is 3.84. The van der Waals surface area contributed by atoms with Crippen molar-refractivity contribution >= 4 is 5.97 Å². The Bertz CT molecular complexity index is 231. The highest BCUT2D eigenvalue weighted by Gasteiger charge is 2.22. The molecule has 0 aliphatic heterocycles. The highest BCUT2D eigenvalue weighted by atomic mass is 16.5. The number of hydrogen-bond donors (Lipinski definition) is 2. The van der Waals surface area contributed by atoms with Gasteiger partial charge in [-0.25, -0.2) is 0 Å². The molecule has 0 saturated heterocycles. The van der Waals surface area contributed by atoms with Crippen LogP contribution in [-0.4, -0.2) is 28.4 Å². The fourth-order valence-corrected chi connectivity index (χ4v) is 1.07. The molecule has 88 valence electrons. The summed E-state index contributed by atoms with van der Waals surface area (Å²) in [5.41, 5.74) is -1.08. The summed E-state index contributed by atoms with van der Waals surface area (Å²) in [5.74, 6) is -0.522.